The highest BCUT2D eigenvalue weighted by Gasteiger charge is 2.28. The zero-order valence-electron chi connectivity index (χ0n) is 9.63. The van der Waals surface area contributed by atoms with Gasteiger partial charge in [-0.05, 0) is 24.1 Å². The van der Waals surface area contributed by atoms with Gasteiger partial charge in [0.05, 0.1) is 6.10 Å². The average Bonchev–Trinajstić information content (AvgIpc) is 2.18. The van der Waals surface area contributed by atoms with Gasteiger partial charge < -0.3 is 5.11 Å². The molecule has 84 valence electrons. The van der Waals surface area contributed by atoms with Crippen molar-refractivity contribution in [1.29, 1.82) is 0 Å². The lowest BCUT2D eigenvalue weighted by atomic mass is 9.78. The number of rotatable bonds is 4. The molecule has 0 saturated heterocycles. The standard InChI is InChI=1S/C13H19FO/c1-4-5-12(15)13(2,3)10-6-8-11(14)9-7-10/h6-9,12,15H,4-5H2,1-3H3/t12-/m1/s1. The van der Waals surface area contributed by atoms with E-state index in [-0.39, 0.29) is 17.3 Å². The molecule has 0 spiro atoms. The lowest BCUT2D eigenvalue weighted by Gasteiger charge is -2.31. The predicted octanol–water partition coefficient (Wildman–Crippen LogP) is 3.26. The van der Waals surface area contributed by atoms with Crippen LogP contribution in [0.1, 0.15) is 39.2 Å². The van der Waals surface area contributed by atoms with Crippen LogP contribution in [0.15, 0.2) is 24.3 Å². The fraction of sp³-hybridized carbons (Fsp3) is 0.538. The Morgan fingerprint density at radius 3 is 2.27 bits per heavy atom. The van der Waals surface area contributed by atoms with Gasteiger partial charge in [-0.2, -0.15) is 0 Å². The third kappa shape index (κ3) is 2.78. The minimum atomic E-state index is -0.382. The Morgan fingerprint density at radius 1 is 1.27 bits per heavy atom. The second-order valence-corrected chi connectivity index (χ2v) is 4.53. The third-order valence-electron chi connectivity index (χ3n) is 2.98. The molecule has 2 heteroatoms. The van der Waals surface area contributed by atoms with Crippen molar-refractivity contribution in [3.8, 4) is 0 Å². The first-order valence-electron chi connectivity index (χ1n) is 5.42. The van der Waals surface area contributed by atoms with Gasteiger partial charge in [-0.15, -0.1) is 0 Å². The second kappa shape index (κ2) is 4.75. The zero-order chi connectivity index (χ0) is 11.5. The molecule has 0 fully saturated rings. The molecule has 0 bridgehead atoms. The zero-order valence-corrected chi connectivity index (χ0v) is 9.63. The van der Waals surface area contributed by atoms with E-state index in [1.807, 2.05) is 20.8 Å². The Morgan fingerprint density at radius 2 is 1.80 bits per heavy atom. The number of aliphatic hydroxyl groups is 1. The fourth-order valence-corrected chi connectivity index (χ4v) is 1.71. The highest BCUT2D eigenvalue weighted by molar-refractivity contribution is 5.25. The molecule has 0 unspecified atom stereocenters. The highest BCUT2D eigenvalue weighted by atomic mass is 19.1. The van der Waals surface area contributed by atoms with Gasteiger partial charge in [0.1, 0.15) is 5.82 Å². The van der Waals surface area contributed by atoms with Crippen LogP contribution in [0, 0.1) is 5.82 Å². The van der Waals surface area contributed by atoms with Crippen LogP contribution in [0.25, 0.3) is 0 Å². The first-order valence-corrected chi connectivity index (χ1v) is 5.42. The summed E-state index contributed by atoms with van der Waals surface area (Å²) < 4.78 is 12.8. The predicted molar refractivity (Wildman–Crippen MR) is 60.3 cm³/mol. The molecule has 1 aromatic rings. The van der Waals surface area contributed by atoms with Crippen molar-refractivity contribution in [2.45, 2.75) is 45.1 Å². The van der Waals surface area contributed by atoms with Crippen molar-refractivity contribution in [3.05, 3.63) is 35.6 Å². The summed E-state index contributed by atoms with van der Waals surface area (Å²) in [6.45, 7) is 6.02. The lowest BCUT2D eigenvalue weighted by molar-refractivity contribution is 0.0905. The molecule has 1 rings (SSSR count). The largest absolute Gasteiger partial charge is 0.392 e. The van der Waals surface area contributed by atoms with Gasteiger partial charge in [-0.1, -0.05) is 39.3 Å². The van der Waals surface area contributed by atoms with Crippen molar-refractivity contribution in [2.24, 2.45) is 0 Å². The monoisotopic (exact) mass is 210 g/mol. The van der Waals surface area contributed by atoms with Gasteiger partial charge in [-0.25, -0.2) is 4.39 Å². The quantitative estimate of drug-likeness (QED) is 0.808. The average molecular weight is 210 g/mol. The molecule has 0 aliphatic rings. The molecule has 0 aromatic heterocycles. The van der Waals surface area contributed by atoms with Crippen LogP contribution in [0.3, 0.4) is 0 Å². The van der Waals surface area contributed by atoms with Gasteiger partial charge in [0, 0.05) is 5.41 Å². The maximum atomic E-state index is 12.8. The number of aliphatic hydroxyl groups excluding tert-OH is 1. The highest BCUT2D eigenvalue weighted by Crippen LogP contribution is 2.29. The van der Waals surface area contributed by atoms with Crippen LogP contribution in [0.5, 0.6) is 0 Å². The summed E-state index contributed by atoms with van der Waals surface area (Å²) in [7, 11) is 0. The minimum absolute atomic E-state index is 0.237. The second-order valence-electron chi connectivity index (χ2n) is 4.53. The summed E-state index contributed by atoms with van der Waals surface area (Å²) in [6, 6.07) is 6.37. The van der Waals surface area contributed by atoms with E-state index in [9.17, 15) is 9.50 Å². The summed E-state index contributed by atoms with van der Waals surface area (Å²) in [5.74, 6) is -0.237. The smallest absolute Gasteiger partial charge is 0.123 e. The third-order valence-corrected chi connectivity index (χ3v) is 2.98. The molecule has 0 aliphatic carbocycles. The molecular formula is C13H19FO. The maximum Gasteiger partial charge on any atom is 0.123 e. The molecule has 1 atom stereocenters. The molecule has 1 N–H and O–H groups in total. The van der Waals surface area contributed by atoms with E-state index in [0.29, 0.717) is 0 Å². The first-order chi connectivity index (χ1) is 6.98. The summed E-state index contributed by atoms with van der Waals surface area (Å²) in [5, 5.41) is 10.0. The summed E-state index contributed by atoms with van der Waals surface area (Å²) >= 11 is 0. The van der Waals surface area contributed by atoms with E-state index in [0.717, 1.165) is 18.4 Å². The number of benzene rings is 1. The van der Waals surface area contributed by atoms with Crippen molar-refractivity contribution in [3.63, 3.8) is 0 Å². The van der Waals surface area contributed by atoms with Crippen molar-refractivity contribution in [1.82, 2.24) is 0 Å². The van der Waals surface area contributed by atoms with E-state index in [2.05, 4.69) is 0 Å². The van der Waals surface area contributed by atoms with E-state index in [1.54, 1.807) is 12.1 Å². The molecule has 0 saturated carbocycles. The Balaban J connectivity index is 2.89. The Bertz CT molecular complexity index is 303. The van der Waals surface area contributed by atoms with Crippen LogP contribution in [0.4, 0.5) is 4.39 Å². The number of halogens is 1. The van der Waals surface area contributed by atoms with Crippen LogP contribution >= 0.6 is 0 Å². The van der Waals surface area contributed by atoms with Gasteiger partial charge in [0.25, 0.3) is 0 Å². The van der Waals surface area contributed by atoms with Crippen LogP contribution < -0.4 is 0 Å². The van der Waals surface area contributed by atoms with Crippen molar-refractivity contribution in [2.75, 3.05) is 0 Å². The Labute approximate surface area is 90.9 Å². The fourth-order valence-electron chi connectivity index (χ4n) is 1.71. The molecule has 15 heavy (non-hydrogen) atoms. The molecule has 0 radical (unpaired) electrons. The lowest BCUT2D eigenvalue weighted by Crippen LogP contribution is -2.33. The van der Waals surface area contributed by atoms with Gasteiger partial charge in [-0.3, -0.25) is 0 Å². The van der Waals surface area contributed by atoms with Gasteiger partial charge in [0.15, 0.2) is 0 Å². The van der Waals surface area contributed by atoms with E-state index >= 15 is 0 Å². The molecule has 1 aromatic carbocycles. The van der Waals surface area contributed by atoms with Gasteiger partial charge >= 0.3 is 0 Å². The van der Waals surface area contributed by atoms with Crippen molar-refractivity contribution < 1.29 is 9.50 Å². The van der Waals surface area contributed by atoms with E-state index in [4.69, 9.17) is 0 Å². The van der Waals surface area contributed by atoms with E-state index in [1.165, 1.54) is 12.1 Å². The topological polar surface area (TPSA) is 20.2 Å². The SMILES string of the molecule is CCC[C@@H](O)C(C)(C)c1ccc(F)cc1. The number of hydrogen-bond donors (Lipinski definition) is 1. The van der Waals surface area contributed by atoms with Gasteiger partial charge in [0.2, 0.25) is 0 Å². The summed E-state index contributed by atoms with van der Waals surface area (Å²) in [6.07, 6.45) is 1.34. The van der Waals surface area contributed by atoms with E-state index < -0.39 is 0 Å². The van der Waals surface area contributed by atoms with Crippen LogP contribution in [-0.4, -0.2) is 11.2 Å². The first kappa shape index (κ1) is 12.2. The van der Waals surface area contributed by atoms with Crippen molar-refractivity contribution >= 4 is 0 Å². The molecule has 0 amide bonds. The molecule has 0 heterocycles. The summed E-state index contributed by atoms with van der Waals surface area (Å²) in [5.41, 5.74) is 0.661. The minimum Gasteiger partial charge on any atom is -0.392 e. The Kier molecular flexibility index (Phi) is 3.86. The van der Waals surface area contributed by atoms with Crippen LogP contribution in [-0.2, 0) is 5.41 Å². The summed E-state index contributed by atoms with van der Waals surface area (Å²) in [4.78, 5) is 0. The number of hydrogen-bond acceptors (Lipinski definition) is 1. The maximum absolute atomic E-state index is 12.8. The van der Waals surface area contributed by atoms with Crippen LogP contribution in [0.2, 0.25) is 0 Å². The molecular weight excluding hydrogens is 191 g/mol. The molecule has 0 aliphatic heterocycles. The normalized spacial score (nSPS) is 13.9. The molecule has 1 nitrogen and oxygen atoms in total. The Hall–Kier alpha value is -0.890.